The van der Waals surface area contributed by atoms with Crippen molar-refractivity contribution in [1.29, 1.82) is 0 Å². The molecule has 7 heteroatoms. The fourth-order valence-corrected chi connectivity index (χ4v) is 2.96. The normalized spacial score (nSPS) is 10.2. The Morgan fingerprint density at radius 3 is 2.53 bits per heavy atom. The van der Waals surface area contributed by atoms with Crippen molar-refractivity contribution < 1.29 is 19.1 Å². The van der Waals surface area contributed by atoms with Gasteiger partial charge in [0.2, 0.25) is 0 Å². The molecule has 2 rings (SSSR count). The third kappa shape index (κ3) is 7.83. The predicted octanol–water partition coefficient (Wildman–Crippen LogP) is 3.95. The molecule has 30 heavy (non-hydrogen) atoms. The van der Waals surface area contributed by atoms with Gasteiger partial charge in [0.05, 0.1) is 19.6 Å². The number of rotatable bonds is 10. The van der Waals surface area contributed by atoms with Crippen LogP contribution in [-0.4, -0.2) is 41.6 Å². The summed E-state index contributed by atoms with van der Waals surface area (Å²) in [5, 5.41) is 3.02. The fraction of sp³-hybridized carbons (Fsp3) is 0.348. The maximum absolute atomic E-state index is 12.7. The van der Waals surface area contributed by atoms with Gasteiger partial charge in [-0.15, -0.1) is 0 Å². The molecule has 0 heterocycles. The van der Waals surface area contributed by atoms with Gasteiger partial charge in [0.15, 0.2) is 5.11 Å². The molecule has 0 saturated heterocycles. The SMILES string of the molecule is CCCOc1cccc(C(=O)NC(=S)N(CCC(=O)OCC)Cc2ccccc2)c1. The van der Waals surface area contributed by atoms with E-state index < -0.39 is 0 Å². The molecule has 0 bridgehead atoms. The lowest BCUT2D eigenvalue weighted by Gasteiger charge is -2.25. The maximum Gasteiger partial charge on any atom is 0.307 e. The lowest BCUT2D eigenvalue weighted by Crippen LogP contribution is -2.43. The van der Waals surface area contributed by atoms with Crippen LogP contribution in [0.15, 0.2) is 54.6 Å². The number of ether oxygens (including phenoxy) is 2. The average Bonchev–Trinajstić information content (AvgIpc) is 2.76. The first-order valence-electron chi connectivity index (χ1n) is 10.1. The Morgan fingerprint density at radius 2 is 1.83 bits per heavy atom. The zero-order chi connectivity index (χ0) is 21.8. The van der Waals surface area contributed by atoms with E-state index in [0.717, 1.165) is 12.0 Å². The highest BCUT2D eigenvalue weighted by atomic mass is 32.1. The average molecular weight is 429 g/mol. The molecule has 0 radical (unpaired) electrons. The van der Waals surface area contributed by atoms with Crippen LogP contribution in [0.2, 0.25) is 0 Å². The van der Waals surface area contributed by atoms with Gasteiger partial charge in [0.25, 0.3) is 5.91 Å². The summed E-state index contributed by atoms with van der Waals surface area (Å²) in [5.41, 5.74) is 1.48. The molecule has 0 aliphatic carbocycles. The van der Waals surface area contributed by atoms with Gasteiger partial charge in [-0.05, 0) is 49.3 Å². The first-order valence-corrected chi connectivity index (χ1v) is 10.5. The summed E-state index contributed by atoms with van der Waals surface area (Å²) in [5.74, 6) is 0.0143. The van der Waals surface area contributed by atoms with Crippen LogP contribution in [-0.2, 0) is 16.1 Å². The summed E-state index contributed by atoms with van der Waals surface area (Å²) in [7, 11) is 0. The first-order chi connectivity index (χ1) is 14.5. The van der Waals surface area contributed by atoms with E-state index in [1.165, 1.54) is 0 Å². The predicted molar refractivity (Wildman–Crippen MR) is 120 cm³/mol. The van der Waals surface area contributed by atoms with Gasteiger partial charge in [-0.3, -0.25) is 14.9 Å². The Bertz CT molecular complexity index is 842. The van der Waals surface area contributed by atoms with Gasteiger partial charge in [0, 0.05) is 18.7 Å². The molecule has 0 saturated carbocycles. The summed E-state index contributed by atoms with van der Waals surface area (Å²) in [4.78, 5) is 26.3. The number of esters is 1. The van der Waals surface area contributed by atoms with E-state index in [-0.39, 0.29) is 23.4 Å². The van der Waals surface area contributed by atoms with Gasteiger partial charge in [-0.1, -0.05) is 43.3 Å². The third-order valence-corrected chi connectivity index (χ3v) is 4.54. The van der Waals surface area contributed by atoms with E-state index in [2.05, 4.69) is 5.32 Å². The molecule has 2 aromatic rings. The van der Waals surface area contributed by atoms with Crippen LogP contribution in [0.25, 0.3) is 0 Å². The minimum atomic E-state index is -0.323. The van der Waals surface area contributed by atoms with Crippen LogP contribution < -0.4 is 10.1 Å². The first kappa shape index (κ1) is 23.3. The van der Waals surface area contributed by atoms with Crippen molar-refractivity contribution in [2.75, 3.05) is 19.8 Å². The molecule has 0 aliphatic heterocycles. The topological polar surface area (TPSA) is 67.9 Å². The van der Waals surface area contributed by atoms with Crippen molar-refractivity contribution in [3.8, 4) is 5.75 Å². The second-order valence-corrected chi connectivity index (χ2v) is 6.98. The van der Waals surface area contributed by atoms with Crippen molar-refractivity contribution >= 4 is 29.2 Å². The van der Waals surface area contributed by atoms with Gasteiger partial charge in [-0.2, -0.15) is 0 Å². The van der Waals surface area contributed by atoms with Crippen molar-refractivity contribution in [3.63, 3.8) is 0 Å². The van der Waals surface area contributed by atoms with E-state index in [4.69, 9.17) is 21.7 Å². The van der Waals surface area contributed by atoms with E-state index in [1.54, 1.807) is 30.0 Å². The van der Waals surface area contributed by atoms with E-state index >= 15 is 0 Å². The summed E-state index contributed by atoms with van der Waals surface area (Å²) < 4.78 is 10.6. The molecular weight excluding hydrogens is 400 g/mol. The molecule has 160 valence electrons. The van der Waals surface area contributed by atoms with Crippen LogP contribution >= 0.6 is 12.2 Å². The van der Waals surface area contributed by atoms with Crippen molar-refractivity contribution in [3.05, 3.63) is 65.7 Å². The molecule has 1 amide bonds. The summed E-state index contributed by atoms with van der Waals surface area (Å²) in [6.07, 6.45) is 1.06. The standard InChI is InChI=1S/C23H28N2O4S/c1-3-15-29-20-12-8-11-19(16-20)22(27)24-23(30)25(14-13-21(26)28-4-2)17-18-9-6-5-7-10-18/h5-12,16H,3-4,13-15,17H2,1-2H3,(H,24,27,30). The minimum Gasteiger partial charge on any atom is -0.494 e. The molecule has 0 unspecified atom stereocenters. The van der Waals surface area contributed by atoms with Gasteiger partial charge in [0.1, 0.15) is 5.75 Å². The van der Waals surface area contributed by atoms with Gasteiger partial charge >= 0.3 is 5.97 Å². The molecule has 0 aliphatic rings. The Hall–Kier alpha value is -2.93. The maximum atomic E-state index is 12.7. The van der Waals surface area contributed by atoms with Crippen LogP contribution in [0.4, 0.5) is 0 Å². The number of hydrogen-bond donors (Lipinski definition) is 1. The largest absolute Gasteiger partial charge is 0.494 e. The number of amides is 1. The van der Waals surface area contributed by atoms with E-state index in [9.17, 15) is 9.59 Å². The summed E-state index contributed by atoms with van der Waals surface area (Å²) >= 11 is 5.48. The Labute approximate surface area is 183 Å². The quantitative estimate of drug-likeness (QED) is 0.457. The second kappa shape index (κ2) is 12.6. The third-order valence-electron chi connectivity index (χ3n) is 4.18. The zero-order valence-corrected chi connectivity index (χ0v) is 18.2. The number of benzene rings is 2. The number of nitrogens with zero attached hydrogens (tertiary/aromatic N) is 1. The Kier molecular flexibility index (Phi) is 9.80. The molecule has 0 atom stereocenters. The molecule has 0 aromatic heterocycles. The summed E-state index contributed by atoms with van der Waals surface area (Å²) in [6.45, 7) is 5.51. The van der Waals surface area contributed by atoms with Crippen molar-refractivity contribution in [1.82, 2.24) is 10.2 Å². The monoisotopic (exact) mass is 428 g/mol. The van der Waals surface area contributed by atoms with Crippen molar-refractivity contribution in [2.45, 2.75) is 33.2 Å². The zero-order valence-electron chi connectivity index (χ0n) is 17.4. The van der Waals surface area contributed by atoms with E-state index in [0.29, 0.717) is 37.6 Å². The molecule has 0 fully saturated rings. The minimum absolute atomic E-state index is 0.178. The second-order valence-electron chi connectivity index (χ2n) is 6.60. The Morgan fingerprint density at radius 1 is 1.07 bits per heavy atom. The highest BCUT2D eigenvalue weighted by molar-refractivity contribution is 7.80. The number of nitrogens with one attached hydrogen (secondary N) is 1. The lowest BCUT2D eigenvalue weighted by molar-refractivity contribution is -0.143. The molecular formula is C23H28N2O4S. The van der Waals surface area contributed by atoms with Gasteiger partial charge < -0.3 is 14.4 Å². The molecule has 1 N–H and O–H groups in total. The highest BCUT2D eigenvalue weighted by Crippen LogP contribution is 2.14. The number of carbonyl (C=O) groups is 2. The fourth-order valence-electron chi connectivity index (χ4n) is 2.71. The van der Waals surface area contributed by atoms with Crippen molar-refractivity contribution in [2.24, 2.45) is 0 Å². The van der Waals surface area contributed by atoms with Crippen LogP contribution in [0.5, 0.6) is 5.75 Å². The number of thiocarbonyl (C=S) groups is 1. The summed E-state index contributed by atoms with van der Waals surface area (Å²) in [6, 6.07) is 16.7. The smallest absolute Gasteiger partial charge is 0.307 e. The molecule has 0 spiro atoms. The Balaban J connectivity index is 2.06. The van der Waals surface area contributed by atoms with Crippen LogP contribution in [0, 0.1) is 0 Å². The molecule has 2 aromatic carbocycles. The van der Waals surface area contributed by atoms with Crippen LogP contribution in [0.1, 0.15) is 42.6 Å². The van der Waals surface area contributed by atoms with Crippen LogP contribution in [0.3, 0.4) is 0 Å². The van der Waals surface area contributed by atoms with Gasteiger partial charge in [-0.25, -0.2) is 0 Å². The lowest BCUT2D eigenvalue weighted by atomic mass is 10.2. The number of carbonyl (C=O) groups excluding carboxylic acids is 2. The van der Waals surface area contributed by atoms with E-state index in [1.807, 2.05) is 43.3 Å². The highest BCUT2D eigenvalue weighted by Gasteiger charge is 2.16. The number of hydrogen-bond acceptors (Lipinski definition) is 5. The molecule has 6 nitrogen and oxygen atoms in total.